The van der Waals surface area contributed by atoms with E-state index in [4.69, 9.17) is 9.84 Å². The molecule has 0 radical (unpaired) electrons. The number of amides is 1. The van der Waals surface area contributed by atoms with Crippen molar-refractivity contribution in [1.82, 2.24) is 4.31 Å². The molecule has 1 aliphatic heterocycles. The molecular weight excluding hydrogens is 360 g/mol. The number of nitrogens with zero attached hydrogens (tertiary/aromatic N) is 2. The first-order chi connectivity index (χ1) is 12.0. The number of carbonyl (C=O) groups is 2. The molecule has 0 atom stereocenters. The van der Waals surface area contributed by atoms with Gasteiger partial charge in [-0.25, -0.2) is 8.42 Å². The zero-order valence-corrected chi connectivity index (χ0v) is 16.2. The molecule has 1 heterocycles. The summed E-state index contributed by atoms with van der Waals surface area (Å²) in [6, 6.07) is 4.35. The number of ether oxygens (including phenoxy) is 1. The number of hydrogen-bond donors (Lipinski definition) is 1. The zero-order valence-electron chi connectivity index (χ0n) is 15.4. The summed E-state index contributed by atoms with van der Waals surface area (Å²) < 4.78 is 32.7. The van der Waals surface area contributed by atoms with Crippen molar-refractivity contribution in [1.29, 1.82) is 0 Å². The summed E-state index contributed by atoms with van der Waals surface area (Å²) in [4.78, 5) is 24.3. The number of carboxylic acids is 1. The van der Waals surface area contributed by atoms with E-state index in [-0.39, 0.29) is 30.3 Å². The smallest absolute Gasteiger partial charge is 0.304 e. The Labute approximate surface area is 153 Å². The van der Waals surface area contributed by atoms with Crippen molar-refractivity contribution in [3.63, 3.8) is 0 Å². The predicted molar refractivity (Wildman–Crippen MR) is 95.9 cm³/mol. The summed E-state index contributed by atoms with van der Waals surface area (Å²) in [6.45, 7) is 7.08. The number of sulfonamides is 1. The summed E-state index contributed by atoms with van der Waals surface area (Å²) in [5.41, 5.74) is -0.192. The van der Waals surface area contributed by atoms with Crippen molar-refractivity contribution in [2.45, 2.75) is 44.6 Å². The van der Waals surface area contributed by atoms with E-state index in [1.807, 2.05) is 13.8 Å². The Morgan fingerprint density at radius 3 is 2.54 bits per heavy atom. The van der Waals surface area contributed by atoms with Gasteiger partial charge in [-0.2, -0.15) is 4.31 Å². The van der Waals surface area contributed by atoms with Crippen molar-refractivity contribution in [2.24, 2.45) is 0 Å². The molecule has 0 aromatic heterocycles. The molecule has 1 aliphatic rings. The van der Waals surface area contributed by atoms with Gasteiger partial charge in [-0.1, -0.05) is 6.92 Å². The maximum atomic E-state index is 12.9. The Balaban J connectivity index is 2.44. The molecule has 1 aromatic rings. The fraction of sp³-hybridized carbons (Fsp3) is 0.529. The number of anilines is 1. The molecule has 26 heavy (non-hydrogen) atoms. The van der Waals surface area contributed by atoms with Crippen molar-refractivity contribution >= 4 is 27.6 Å². The number of fused-ring (bicyclic) bond motifs is 1. The SMILES string of the molecule is CCN(CCC(=O)O)S(=O)(=O)c1ccc2c(c1)N(C(C)=O)CC(C)(C)O2. The van der Waals surface area contributed by atoms with Crippen LogP contribution >= 0.6 is 0 Å². The largest absolute Gasteiger partial charge is 0.484 e. The van der Waals surface area contributed by atoms with E-state index in [0.29, 0.717) is 18.0 Å². The lowest BCUT2D eigenvalue weighted by Crippen LogP contribution is -2.48. The first kappa shape index (κ1) is 20.2. The average molecular weight is 384 g/mol. The minimum atomic E-state index is -3.88. The van der Waals surface area contributed by atoms with Gasteiger partial charge in [-0.15, -0.1) is 0 Å². The Morgan fingerprint density at radius 1 is 1.35 bits per heavy atom. The summed E-state index contributed by atoms with van der Waals surface area (Å²) >= 11 is 0. The molecule has 0 aliphatic carbocycles. The second-order valence-corrected chi connectivity index (χ2v) is 8.67. The molecule has 1 amide bonds. The first-order valence-electron chi connectivity index (χ1n) is 8.31. The average Bonchev–Trinajstić information content (AvgIpc) is 2.52. The monoisotopic (exact) mass is 384 g/mol. The number of aliphatic carboxylic acids is 1. The van der Waals surface area contributed by atoms with Gasteiger partial charge in [-0.3, -0.25) is 9.59 Å². The fourth-order valence-corrected chi connectivity index (χ4v) is 4.32. The van der Waals surface area contributed by atoms with E-state index < -0.39 is 21.6 Å². The molecule has 144 valence electrons. The molecular formula is C17H24N2O6S. The molecule has 0 bridgehead atoms. The van der Waals surface area contributed by atoms with E-state index in [2.05, 4.69) is 0 Å². The molecule has 0 saturated carbocycles. The van der Waals surface area contributed by atoms with Crippen LogP contribution in [0, 0.1) is 0 Å². The fourth-order valence-electron chi connectivity index (χ4n) is 2.85. The quantitative estimate of drug-likeness (QED) is 0.800. The van der Waals surface area contributed by atoms with Gasteiger partial charge in [0.15, 0.2) is 0 Å². The van der Waals surface area contributed by atoms with Gasteiger partial charge in [0.1, 0.15) is 11.4 Å². The third-order valence-electron chi connectivity index (χ3n) is 4.09. The van der Waals surface area contributed by atoms with E-state index >= 15 is 0 Å². The minimum absolute atomic E-state index is 0.00181. The second-order valence-electron chi connectivity index (χ2n) is 6.74. The molecule has 0 fully saturated rings. The lowest BCUT2D eigenvalue weighted by molar-refractivity contribution is -0.137. The van der Waals surface area contributed by atoms with Crippen LogP contribution in [0.15, 0.2) is 23.1 Å². The number of carbonyl (C=O) groups excluding carboxylic acids is 1. The van der Waals surface area contributed by atoms with Crippen LogP contribution in [-0.2, 0) is 19.6 Å². The van der Waals surface area contributed by atoms with Crippen LogP contribution in [0.4, 0.5) is 5.69 Å². The highest BCUT2D eigenvalue weighted by Crippen LogP contribution is 2.39. The van der Waals surface area contributed by atoms with Gasteiger partial charge in [0, 0.05) is 20.0 Å². The number of hydrogen-bond acceptors (Lipinski definition) is 5. The predicted octanol–water partition coefficient (Wildman–Crippen LogP) is 1.70. The van der Waals surface area contributed by atoms with Crippen LogP contribution in [0.1, 0.15) is 34.1 Å². The molecule has 9 heteroatoms. The number of carboxylic acid groups (broad SMARTS) is 1. The first-order valence-corrected chi connectivity index (χ1v) is 9.75. The minimum Gasteiger partial charge on any atom is -0.484 e. The topological polar surface area (TPSA) is 104 Å². The van der Waals surface area contributed by atoms with Crippen molar-refractivity contribution < 1.29 is 27.9 Å². The van der Waals surface area contributed by atoms with E-state index in [0.717, 1.165) is 4.31 Å². The van der Waals surface area contributed by atoms with Gasteiger partial charge >= 0.3 is 5.97 Å². The van der Waals surface area contributed by atoms with Crippen molar-refractivity contribution in [3.05, 3.63) is 18.2 Å². The van der Waals surface area contributed by atoms with Crippen molar-refractivity contribution in [2.75, 3.05) is 24.5 Å². The van der Waals surface area contributed by atoms with Crippen LogP contribution in [0.25, 0.3) is 0 Å². The van der Waals surface area contributed by atoms with E-state index in [9.17, 15) is 18.0 Å². The summed E-state index contributed by atoms with van der Waals surface area (Å²) in [5.74, 6) is -0.846. The molecule has 0 spiro atoms. The molecule has 0 saturated heterocycles. The highest BCUT2D eigenvalue weighted by molar-refractivity contribution is 7.89. The van der Waals surface area contributed by atoms with Gasteiger partial charge in [-0.05, 0) is 32.0 Å². The summed E-state index contributed by atoms with van der Waals surface area (Å²) in [5, 5.41) is 8.81. The van der Waals surface area contributed by atoms with E-state index in [1.165, 1.54) is 30.0 Å². The highest BCUT2D eigenvalue weighted by Gasteiger charge is 2.35. The Kier molecular flexibility index (Phi) is 5.62. The maximum Gasteiger partial charge on any atom is 0.304 e. The summed E-state index contributed by atoms with van der Waals surface area (Å²) in [7, 11) is -3.88. The molecule has 2 rings (SSSR count). The lowest BCUT2D eigenvalue weighted by atomic mass is 10.1. The van der Waals surface area contributed by atoms with Crippen LogP contribution in [0.3, 0.4) is 0 Å². The van der Waals surface area contributed by atoms with Gasteiger partial charge in [0.05, 0.1) is 23.5 Å². The zero-order chi connectivity index (χ0) is 19.7. The third-order valence-corrected chi connectivity index (χ3v) is 6.06. The Hall–Kier alpha value is -2.13. The molecule has 8 nitrogen and oxygen atoms in total. The standard InChI is InChI=1S/C17H24N2O6S/c1-5-18(9-8-16(21)22)26(23,24)13-6-7-15-14(10-13)19(12(2)20)11-17(3,4)25-15/h6-7,10H,5,8-9,11H2,1-4H3,(H,21,22). The molecule has 1 N–H and O–H groups in total. The second kappa shape index (κ2) is 7.24. The highest BCUT2D eigenvalue weighted by atomic mass is 32.2. The van der Waals surface area contributed by atoms with Gasteiger partial charge in [0.2, 0.25) is 15.9 Å². The third kappa shape index (κ3) is 4.16. The van der Waals surface area contributed by atoms with Crippen LogP contribution in [0.5, 0.6) is 5.75 Å². The van der Waals surface area contributed by atoms with E-state index in [1.54, 1.807) is 6.92 Å². The Morgan fingerprint density at radius 2 is 2.00 bits per heavy atom. The lowest BCUT2D eigenvalue weighted by Gasteiger charge is -2.39. The maximum absolute atomic E-state index is 12.9. The number of rotatable bonds is 6. The Bertz CT molecular complexity index is 819. The van der Waals surface area contributed by atoms with Crippen LogP contribution in [-0.4, -0.2) is 54.9 Å². The molecule has 0 unspecified atom stereocenters. The van der Waals surface area contributed by atoms with Crippen LogP contribution in [0.2, 0.25) is 0 Å². The van der Waals surface area contributed by atoms with Gasteiger partial charge < -0.3 is 14.7 Å². The van der Waals surface area contributed by atoms with Crippen LogP contribution < -0.4 is 9.64 Å². The van der Waals surface area contributed by atoms with Crippen molar-refractivity contribution in [3.8, 4) is 5.75 Å². The molecule has 1 aromatic carbocycles. The summed E-state index contributed by atoms with van der Waals surface area (Å²) in [6.07, 6.45) is -0.283. The van der Waals surface area contributed by atoms with Gasteiger partial charge in [0.25, 0.3) is 0 Å². The normalized spacial score (nSPS) is 16.1. The number of benzene rings is 1.